The van der Waals surface area contributed by atoms with Gasteiger partial charge in [-0.05, 0) is 85.8 Å². The smallest absolute Gasteiger partial charge is 0.457 e. The van der Waals surface area contributed by atoms with Crippen molar-refractivity contribution in [2.45, 2.75) is 80.1 Å². The van der Waals surface area contributed by atoms with Crippen molar-refractivity contribution >= 4 is 57.8 Å². The predicted octanol–water partition coefficient (Wildman–Crippen LogP) is 4.77. The molecule has 0 aliphatic rings. The maximum atomic E-state index is 13.2. The van der Waals surface area contributed by atoms with Crippen molar-refractivity contribution < 1.29 is 61.3 Å². The van der Waals surface area contributed by atoms with Gasteiger partial charge < -0.3 is 32.5 Å². The minimum atomic E-state index is -1.40. The summed E-state index contributed by atoms with van der Waals surface area (Å²) in [5.41, 5.74) is -1.61. The molecule has 0 saturated heterocycles. The fourth-order valence-corrected chi connectivity index (χ4v) is 4.08. The van der Waals surface area contributed by atoms with Crippen LogP contribution in [0.4, 0.5) is 9.59 Å². The van der Waals surface area contributed by atoms with Crippen LogP contribution in [0.5, 0.6) is 0 Å². The van der Waals surface area contributed by atoms with E-state index in [1.54, 1.807) is 41.5 Å². The monoisotopic (exact) mass is 650 g/mol. The third kappa shape index (κ3) is 13.7. The number of ether oxygens (including phenoxy) is 5. The van der Waals surface area contributed by atoms with Crippen LogP contribution in [0.2, 0.25) is 0 Å². The van der Waals surface area contributed by atoms with E-state index in [-0.39, 0.29) is 17.3 Å². The van der Waals surface area contributed by atoms with Crippen LogP contribution in [0.15, 0.2) is 13.6 Å². The molecule has 1 aromatic rings. The van der Waals surface area contributed by atoms with Gasteiger partial charge >= 0.3 is 34.3 Å². The van der Waals surface area contributed by atoms with Gasteiger partial charge in [-0.1, -0.05) is 0 Å². The zero-order valence-electron chi connectivity index (χ0n) is 25.6. The highest BCUT2D eigenvalue weighted by Gasteiger charge is 2.36. The summed E-state index contributed by atoms with van der Waals surface area (Å²) in [4.78, 5) is 85.5. The van der Waals surface area contributed by atoms with Crippen LogP contribution in [0.3, 0.4) is 0 Å². The number of carbonyl (C=O) groups is 6. The van der Waals surface area contributed by atoms with Crippen molar-refractivity contribution in [1.82, 2.24) is 0 Å². The summed E-state index contributed by atoms with van der Waals surface area (Å²) >= 11 is 1.05. The molecule has 1 atom stereocenters. The highest BCUT2D eigenvalue weighted by atomic mass is 32.2. The molecule has 0 bridgehead atoms. The van der Waals surface area contributed by atoms with Crippen LogP contribution >= 0.6 is 23.5 Å². The second kappa shape index (κ2) is 16.0. The predicted molar refractivity (Wildman–Crippen MR) is 153 cm³/mol. The van der Waals surface area contributed by atoms with Gasteiger partial charge in [0.2, 0.25) is 13.6 Å². The summed E-state index contributed by atoms with van der Waals surface area (Å²) in [7, 11) is 0. The molecule has 242 valence electrons. The molecule has 0 aromatic carbocycles. The fourth-order valence-electron chi connectivity index (χ4n) is 2.64. The highest BCUT2D eigenvalue weighted by Crippen LogP contribution is 2.31. The zero-order chi connectivity index (χ0) is 33.2. The summed E-state index contributed by atoms with van der Waals surface area (Å²) in [5.74, 6) is -5.07. The quantitative estimate of drug-likeness (QED) is 0.161. The van der Waals surface area contributed by atoms with E-state index in [2.05, 4.69) is 0 Å². The Morgan fingerprint density at radius 2 is 1.26 bits per heavy atom. The number of thioether (sulfide) groups is 2. The van der Waals surface area contributed by atoms with Gasteiger partial charge in [-0.3, -0.25) is 19.2 Å². The number of rotatable bonds is 13. The van der Waals surface area contributed by atoms with E-state index in [1.165, 1.54) is 20.8 Å². The molecule has 0 aliphatic heterocycles. The molecule has 14 nitrogen and oxygen atoms in total. The standard InChI is InChI=1S/C27H38O14S2/c1-15-17(41-22(32)40-15)11-35-19(29)16(12-42-23(33)38-13-36-20(30)25(2,3)4)10-18(28)27(8,9)43-24(34)39-14-37-21(31)26(5,6)7/h16H,10-14H2,1-9H3/t16-/m0/s1. The first kappa shape index (κ1) is 37.8. The number of ketones is 1. The van der Waals surface area contributed by atoms with Crippen LogP contribution in [-0.2, 0) is 49.5 Å². The lowest BCUT2D eigenvalue weighted by atomic mass is 9.97. The van der Waals surface area contributed by atoms with Gasteiger partial charge in [-0.15, -0.1) is 0 Å². The first-order valence-electron chi connectivity index (χ1n) is 12.9. The Bertz CT molecular complexity index is 1230. The van der Waals surface area contributed by atoms with Crippen molar-refractivity contribution in [3.8, 4) is 0 Å². The number of Topliss-reactive ketones (excluding diaryl/α,β-unsaturated/α-hetero) is 1. The lowest BCUT2D eigenvalue weighted by Gasteiger charge is -2.23. The van der Waals surface area contributed by atoms with Gasteiger partial charge in [0.15, 0.2) is 18.1 Å². The normalized spacial score (nSPS) is 12.6. The Morgan fingerprint density at radius 3 is 1.72 bits per heavy atom. The van der Waals surface area contributed by atoms with Gasteiger partial charge in [0.1, 0.15) is 5.78 Å². The van der Waals surface area contributed by atoms with Gasteiger partial charge in [0, 0.05) is 12.2 Å². The largest absolute Gasteiger partial charge is 0.519 e. The summed E-state index contributed by atoms with van der Waals surface area (Å²) in [6.45, 7) is 12.3. The molecule has 0 amide bonds. The lowest BCUT2D eigenvalue weighted by Crippen LogP contribution is -2.34. The van der Waals surface area contributed by atoms with E-state index < -0.39 is 88.2 Å². The Hall–Kier alpha value is -3.27. The van der Waals surface area contributed by atoms with Gasteiger partial charge in [0.05, 0.1) is 21.5 Å². The van der Waals surface area contributed by atoms with E-state index >= 15 is 0 Å². The molecule has 16 heteroatoms. The number of esters is 3. The number of hydrogen-bond acceptors (Lipinski definition) is 16. The molecule has 0 aliphatic carbocycles. The number of hydrogen-bond donors (Lipinski definition) is 0. The second-order valence-electron chi connectivity index (χ2n) is 11.7. The third-order valence-corrected chi connectivity index (χ3v) is 7.26. The average molecular weight is 651 g/mol. The van der Waals surface area contributed by atoms with Crippen LogP contribution in [0, 0.1) is 23.7 Å². The van der Waals surface area contributed by atoms with Crippen LogP contribution < -0.4 is 5.82 Å². The van der Waals surface area contributed by atoms with Crippen LogP contribution in [0.1, 0.15) is 73.3 Å². The zero-order valence-corrected chi connectivity index (χ0v) is 27.3. The molecule has 1 heterocycles. The molecule has 0 radical (unpaired) electrons. The molecular formula is C27H38O14S2. The van der Waals surface area contributed by atoms with Crippen molar-refractivity contribution in [2.75, 3.05) is 19.3 Å². The molecular weight excluding hydrogens is 612 g/mol. The molecule has 0 saturated carbocycles. The third-order valence-electron chi connectivity index (χ3n) is 5.32. The van der Waals surface area contributed by atoms with E-state index in [4.69, 9.17) is 32.5 Å². The van der Waals surface area contributed by atoms with E-state index in [1.807, 2.05) is 0 Å². The van der Waals surface area contributed by atoms with E-state index in [0.717, 1.165) is 0 Å². The Kier molecular flexibility index (Phi) is 14.0. The summed E-state index contributed by atoms with van der Waals surface area (Å²) in [6, 6.07) is 0. The first-order valence-corrected chi connectivity index (χ1v) is 14.7. The Morgan fingerprint density at radius 1 is 0.744 bits per heavy atom. The maximum absolute atomic E-state index is 13.2. The molecule has 0 N–H and O–H groups in total. The first-order chi connectivity index (χ1) is 19.6. The van der Waals surface area contributed by atoms with Gasteiger partial charge in [-0.2, -0.15) is 0 Å². The molecule has 0 unspecified atom stereocenters. The fraction of sp³-hybridized carbons (Fsp3) is 0.667. The summed E-state index contributed by atoms with van der Waals surface area (Å²) in [5, 5.41) is -1.78. The summed E-state index contributed by atoms with van der Waals surface area (Å²) in [6.07, 6.45) is -0.460. The molecule has 1 aromatic heterocycles. The molecule has 0 spiro atoms. The Balaban J connectivity index is 2.84. The molecule has 1 rings (SSSR count). The topological polar surface area (TPSA) is 192 Å². The maximum Gasteiger partial charge on any atom is 0.519 e. The van der Waals surface area contributed by atoms with Crippen molar-refractivity contribution in [1.29, 1.82) is 0 Å². The SMILES string of the molecule is Cc1oc(=O)oc1COC(=O)[C@H](CSC(=O)OCOC(=O)C(C)(C)C)CC(=O)C(C)(C)SC(=O)OCOC(=O)C(C)(C)C. The van der Waals surface area contributed by atoms with Gasteiger partial charge in [0.25, 0.3) is 0 Å². The molecule has 0 fully saturated rings. The van der Waals surface area contributed by atoms with E-state index in [9.17, 15) is 33.6 Å². The van der Waals surface area contributed by atoms with Crippen LogP contribution in [0.25, 0.3) is 0 Å². The van der Waals surface area contributed by atoms with Crippen molar-refractivity contribution in [3.05, 3.63) is 22.1 Å². The van der Waals surface area contributed by atoms with Crippen LogP contribution in [-0.4, -0.2) is 58.4 Å². The average Bonchev–Trinajstić information content (AvgIpc) is 3.19. The number of carbonyl (C=O) groups excluding carboxylic acids is 6. The minimum absolute atomic E-state index is 0.0399. The van der Waals surface area contributed by atoms with Gasteiger partial charge in [-0.25, -0.2) is 14.4 Å². The van der Waals surface area contributed by atoms with Crippen molar-refractivity contribution in [3.63, 3.8) is 0 Å². The molecule has 43 heavy (non-hydrogen) atoms. The highest BCUT2D eigenvalue weighted by molar-refractivity contribution is 8.15. The number of aryl methyl sites for hydroxylation is 1. The van der Waals surface area contributed by atoms with E-state index in [0.29, 0.717) is 23.5 Å². The van der Waals surface area contributed by atoms with Crippen molar-refractivity contribution in [2.24, 2.45) is 16.7 Å². The second-order valence-corrected chi connectivity index (χ2v) is 14.2. The lowest BCUT2D eigenvalue weighted by molar-refractivity contribution is -0.161. The summed E-state index contributed by atoms with van der Waals surface area (Å²) < 4.78 is 32.8. The Labute approximate surface area is 257 Å². The minimum Gasteiger partial charge on any atom is -0.457 e.